The highest BCUT2D eigenvalue weighted by atomic mass is 16.5. The molecule has 1 unspecified atom stereocenters. The van der Waals surface area contributed by atoms with Gasteiger partial charge in [-0.15, -0.1) is 0 Å². The fourth-order valence-corrected chi connectivity index (χ4v) is 8.53. The maximum atomic E-state index is 14.4. The van der Waals surface area contributed by atoms with Gasteiger partial charge in [-0.2, -0.15) is 0 Å². The molecule has 11 amide bonds. The third kappa shape index (κ3) is 28.7. The second-order valence-electron chi connectivity index (χ2n) is 20.7. The summed E-state index contributed by atoms with van der Waals surface area (Å²) in [7, 11) is 0. The Morgan fingerprint density at radius 3 is 1.48 bits per heavy atom. The Morgan fingerprint density at radius 1 is 0.566 bits per heavy atom. The molecule has 0 aliphatic carbocycles. The van der Waals surface area contributed by atoms with Crippen molar-refractivity contribution in [2.75, 3.05) is 13.1 Å². The third-order valence-electron chi connectivity index (χ3n) is 13.1. The van der Waals surface area contributed by atoms with Crippen molar-refractivity contribution < 1.29 is 87.2 Å². The summed E-state index contributed by atoms with van der Waals surface area (Å²) in [5, 5.41) is 49.5. The predicted molar refractivity (Wildman–Crippen MR) is 294 cm³/mol. The van der Waals surface area contributed by atoms with Gasteiger partial charge in [0.1, 0.15) is 54.1 Å². The maximum Gasteiger partial charge on any atom is 0.329 e. The molecule has 0 saturated carbocycles. The zero-order chi connectivity index (χ0) is 62.2. The van der Waals surface area contributed by atoms with Crippen molar-refractivity contribution in [1.82, 2.24) is 47.9 Å². The standard InChI is InChI=1S/C54H83N11O18/c1-5-6-7-8-9-10-11-12-13-14-15-16-17-41(69)64-47-31(4)83-54(82)46(30(2)3)65-52(80)35(24-32-18-20-33(66)21-19-32)59-42(70)28-57-49(77)38(27-45(74)75)63-51(79)36(25-40(56)68)60-43(71)29-58-48(76)37(26-44(72)73)62-50(78)34(61-53(47)81)22-23-39(55)67/h18-21,30-31,34-38,46-47,66H,5-17,22-29H2,1-4H3,(H2,55,67)(H2,56,68)(H,57,77)(H,58,76)(H,59,70)(H,60,71)(H,61,81)(H,62,78)(H,63,79)(H,64,69)(H,65,80)(H,72,73)(H,74,75)/t31?,34-,35+,36+,37+,38+,46+,47+/m1/s1. The van der Waals surface area contributed by atoms with Gasteiger partial charge >= 0.3 is 17.9 Å². The monoisotopic (exact) mass is 1170 g/mol. The first-order valence-electron chi connectivity index (χ1n) is 27.8. The number of amides is 11. The molecule has 1 heterocycles. The van der Waals surface area contributed by atoms with E-state index in [1.165, 1.54) is 77.1 Å². The molecule has 1 fully saturated rings. The minimum absolute atomic E-state index is 0.0954. The lowest BCUT2D eigenvalue weighted by molar-refractivity contribution is -0.157. The normalized spacial score (nSPS) is 22.3. The number of phenolic OH excluding ortho intramolecular Hbond substituents is 1. The van der Waals surface area contributed by atoms with Crippen LogP contribution in [-0.4, -0.2) is 160 Å². The maximum absolute atomic E-state index is 14.4. The summed E-state index contributed by atoms with van der Waals surface area (Å²) in [6.45, 7) is 4.37. The van der Waals surface area contributed by atoms with Crippen LogP contribution >= 0.6 is 0 Å². The minimum atomic E-state index is -2.02. The van der Waals surface area contributed by atoms with E-state index in [0.717, 1.165) is 32.1 Å². The number of benzene rings is 1. The Hall–Kier alpha value is -8.40. The molecule has 0 radical (unpaired) electrons. The van der Waals surface area contributed by atoms with Crippen LogP contribution in [0.1, 0.15) is 149 Å². The Labute approximate surface area is 480 Å². The minimum Gasteiger partial charge on any atom is -0.508 e. The van der Waals surface area contributed by atoms with Crippen LogP contribution in [0.2, 0.25) is 0 Å². The number of aromatic hydroxyl groups is 1. The number of nitrogens with two attached hydrogens (primary N) is 2. The lowest BCUT2D eigenvalue weighted by Crippen LogP contribution is -2.60. The highest BCUT2D eigenvalue weighted by molar-refractivity contribution is 6.00. The zero-order valence-corrected chi connectivity index (χ0v) is 47.5. The Bertz CT molecular complexity index is 2420. The lowest BCUT2D eigenvalue weighted by Gasteiger charge is -2.30. The number of ether oxygens (including phenoxy) is 1. The van der Waals surface area contributed by atoms with Crippen LogP contribution in [0.5, 0.6) is 5.75 Å². The second-order valence-corrected chi connectivity index (χ2v) is 20.7. The Balaban J connectivity index is 2.67. The average Bonchev–Trinajstić information content (AvgIpc) is 3.47. The summed E-state index contributed by atoms with van der Waals surface area (Å²) in [6.07, 6.45) is 5.68. The summed E-state index contributed by atoms with van der Waals surface area (Å²) in [5.41, 5.74) is 11.0. The van der Waals surface area contributed by atoms with Crippen molar-refractivity contribution in [3.05, 3.63) is 29.8 Å². The van der Waals surface area contributed by atoms with Gasteiger partial charge in [0.2, 0.25) is 65.0 Å². The Kier molecular flexibility index (Phi) is 32.0. The number of carbonyl (C=O) groups is 14. The van der Waals surface area contributed by atoms with E-state index in [4.69, 9.17) is 16.2 Å². The molecule has 462 valence electrons. The number of cyclic esters (lactones) is 1. The number of hydrogen-bond donors (Lipinski definition) is 14. The van der Waals surface area contributed by atoms with E-state index in [1.807, 2.05) is 5.32 Å². The van der Waals surface area contributed by atoms with Gasteiger partial charge in [-0.25, -0.2) is 4.79 Å². The number of phenols is 1. The highest BCUT2D eigenvalue weighted by Crippen LogP contribution is 2.16. The van der Waals surface area contributed by atoms with Crippen molar-refractivity contribution in [1.29, 1.82) is 0 Å². The van der Waals surface area contributed by atoms with E-state index in [1.54, 1.807) is 0 Å². The molecule has 1 aliphatic heterocycles. The van der Waals surface area contributed by atoms with Crippen LogP contribution in [-0.2, 0) is 78.3 Å². The first-order valence-corrected chi connectivity index (χ1v) is 27.8. The van der Waals surface area contributed by atoms with Gasteiger partial charge in [0.25, 0.3) is 0 Å². The molecule has 16 N–H and O–H groups in total. The van der Waals surface area contributed by atoms with Crippen LogP contribution < -0.4 is 59.3 Å². The average molecular weight is 1170 g/mol. The fraction of sp³-hybridized carbons (Fsp3) is 0.630. The van der Waals surface area contributed by atoms with Crippen molar-refractivity contribution in [3.63, 3.8) is 0 Å². The van der Waals surface area contributed by atoms with Crippen LogP contribution in [0, 0.1) is 5.92 Å². The van der Waals surface area contributed by atoms with E-state index in [9.17, 15) is 82.4 Å². The van der Waals surface area contributed by atoms with Crippen LogP contribution in [0.15, 0.2) is 24.3 Å². The predicted octanol–water partition coefficient (Wildman–Crippen LogP) is -1.66. The van der Waals surface area contributed by atoms with Gasteiger partial charge in [-0.1, -0.05) is 104 Å². The Morgan fingerprint density at radius 2 is 1.01 bits per heavy atom. The van der Waals surface area contributed by atoms with Gasteiger partial charge in [0.05, 0.1) is 32.4 Å². The molecule has 29 nitrogen and oxygen atoms in total. The first-order chi connectivity index (χ1) is 39.2. The van der Waals surface area contributed by atoms with Crippen molar-refractivity contribution in [2.45, 2.75) is 198 Å². The number of hydrogen-bond acceptors (Lipinski definition) is 16. The van der Waals surface area contributed by atoms with E-state index in [-0.39, 0.29) is 18.6 Å². The first kappa shape index (κ1) is 70.7. The molecule has 1 aromatic rings. The molecular weight excluding hydrogens is 1090 g/mol. The van der Waals surface area contributed by atoms with Crippen LogP contribution in [0.3, 0.4) is 0 Å². The zero-order valence-electron chi connectivity index (χ0n) is 47.5. The molecule has 1 saturated heterocycles. The van der Waals surface area contributed by atoms with E-state index in [0.29, 0.717) is 18.4 Å². The molecule has 0 bridgehead atoms. The number of esters is 1. The topological polar surface area (TPSA) is 469 Å². The highest BCUT2D eigenvalue weighted by Gasteiger charge is 2.38. The SMILES string of the molecule is CCCCCCCCCCCCCCC(=O)N[C@@H]1C(=O)N[C@H](CCC(N)=O)C(=O)N[C@@H](CC(=O)O)C(=O)NCC(=O)N[C@@H](CC(N)=O)C(=O)N[C@@H](CC(=O)O)C(=O)NCC(=O)N[C@@H](Cc2ccc(O)cc2)C(=O)N[C@@H](C(C)C)C(=O)OC1C. The van der Waals surface area contributed by atoms with Gasteiger partial charge in [0.15, 0.2) is 0 Å². The lowest BCUT2D eigenvalue weighted by atomic mass is 10.0. The van der Waals surface area contributed by atoms with E-state index < -0.39 is 182 Å². The van der Waals surface area contributed by atoms with Crippen molar-refractivity contribution >= 4 is 82.9 Å². The second kappa shape index (κ2) is 37.6. The smallest absolute Gasteiger partial charge is 0.329 e. The largest absolute Gasteiger partial charge is 0.508 e. The quantitative estimate of drug-likeness (QED) is 0.0365. The number of primary amides is 2. The molecule has 2 rings (SSSR count). The molecule has 1 aliphatic rings. The summed E-state index contributed by atoms with van der Waals surface area (Å²) < 4.78 is 5.75. The number of aliphatic carboxylic acids is 2. The molecule has 83 heavy (non-hydrogen) atoms. The number of carboxylic acids is 2. The number of carbonyl (C=O) groups excluding carboxylic acids is 12. The number of carboxylic acid groups (broad SMARTS) is 2. The summed E-state index contributed by atoms with van der Waals surface area (Å²) in [4.78, 5) is 185. The molecule has 0 spiro atoms. The fourth-order valence-electron chi connectivity index (χ4n) is 8.53. The van der Waals surface area contributed by atoms with Gasteiger partial charge in [-0.05, 0) is 43.4 Å². The van der Waals surface area contributed by atoms with Crippen LogP contribution in [0.25, 0.3) is 0 Å². The molecular formula is C54H83N11O18. The van der Waals surface area contributed by atoms with Crippen molar-refractivity contribution in [3.8, 4) is 5.75 Å². The summed E-state index contributed by atoms with van der Waals surface area (Å²) in [5.74, 6) is -18.0. The molecule has 29 heteroatoms. The third-order valence-corrected chi connectivity index (χ3v) is 13.1. The van der Waals surface area contributed by atoms with Gasteiger partial charge in [0, 0.05) is 19.3 Å². The number of nitrogens with one attached hydrogen (secondary N) is 9. The van der Waals surface area contributed by atoms with Crippen LogP contribution in [0.4, 0.5) is 0 Å². The van der Waals surface area contributed by atoms with Crippen molar-refractivity contribution in [2.24, 2.45) is 17.4 Å². The molecule has 1 aromatic carbocycles. The number of rotatable bonds is 26. The van der Waals surface area contributed by atoms with Gasteiger partial charge in [-0.3, -0.25) is 62.3 Å². The molecule has 8 atom stereocenters. The van der Waals surface area contributed by atoms with E-state index >= 15 is 0 Å². The molecule has 0 aromatic heterocycles. The van der Waals surface area contributed by atoms with Gasteiger partial charge < -0.3 is 79.4 Å². The summed E-state index contributed by atoms with van der Waals surface area (Å²) >= 11 is 0. The van der Waals surface area contributed by atoms with E-state index in [2.05, 4.69) is 49.5 Å². The summed E-state index contributed by atoms with van der Waals surface area (Å²) in [6, 6.07) is -7.29. The number of unbranched alkanes of at least 4 members (excludes halogenated alkanes) is 11.